The van der Waals surface area contributed by atoms with Crippen LogP contribution in [0.3, 0.4) is 0 Å². The van der Waals surface area contributed by atoms with Crippen molar-refractivity contribution in [2.45, 2.75) is 13.8 Å². The number of aromatic nitrogens is 1. The quantitative estimate of drug-likeness (QED) is 0.887. The van der Waals surface area contributed by atoms with Crippen LogP contribution in [0.4, 0.5) is 5.13 Å². The number of carbonyl (C=O) groups is 1. The summed E-state index contributed by atoms with van der Waals surface area (Å²) in [6, 6.07) is 7.74. The lowest BCUT2D eigenvalue weighted by atomic mass is 10.1. The SMILES string of the molecule is CCOc1ccc(-c2nc(NC(=O)CN)sc2C)cc1. The third-order valence-electron chi connectivity index (χ3n) is 2.67. The largest absolute Gasteiger partial charge is 0.494 e. The van der Waals surface area contributed by atoms with E-state index >= 15 is 0 Å². The zero-order valence-electron chi connectivity index (χ0n) is 11.5. The Morgan fingerprint density at radius 1 is 1.40 bits per heavy atom. The van der Waals surface area contributed by atoms with E-state index in [1.54, 1.807) is 0 Å². The summed E-state index contributed by atoms with van der Waals surface area (Å²) in [4.78, 5) is 16.7. The number of hydrogen-bond acceptors (Lipinski definition) is 5. The molecule has 0 fully saturated rings. The summed E-state index contributed by atoms with van der Waals surface area (Å²) < 4.78 is 5.41. The van der Waals surface area contributed by atoms with Crippen molar-refractivity contribution in [2.24, 2.45) is 5.73 Å². The Balaban J connectivity index is 2.21. The first-order valence-electron chi connectivity index (χ1n) is 6.34. The number of nitrogens with zero attached hydrogens (tertiary/aromatic N) is 1. The number of benzene rings is 1. The van der Waals surface area contributed by atoms with Crippen LogP contribution in [0.5, 0.6) is 5.75 Å². The van der Waals surface area contributed by atoms with Gasteiger partial charge in [-0.05, 0) is 38.1 Å². The Morgan fingerprint density at radius 3 is 2.70 bits per heavy atom. The molecule has 0 spiro atoms. The van der Waals surface area contributed by atoms with Gasteiger partial charge in [-0.15, -0.1) is 11.3 Å². The highest BCUT2D eigenvalue weighted by atomic mass is 32.1. The molecule has 0 saturated carbocycles. The van der Waals surface area contributed by atoms with Crippen LogP contribution in [0.15, 0.2) is 24.3 Å². The molecule has 1 heterocycles. The summed E-state index contributed by atoms with van der Waals surface area (Å²) in [7, 11) is 0. The second kappa shape index (κ2) is 6.49. The molecule has 2 aromatic rings. The molecule has 0 bridgehead atoms. The average Bonchev–Trinajstić information content (AvgIpc) is 2.80. The maximum atomic E-state index is 11.3. The van der Waals surface area contributed by atoms with Crippen LogP contribution in [0.25, 0.3) is 11.3 Å². The van der Waals surface area contributed by atoms with E-state index in [1.807, 2.05) is 38.1 Å². The lowest BCUT2D eigenvalue weighted by molar-refractivity contribution is -0.114. The first-order valence-corrected chi connectivity index (χ1v) is 7.16. The fourth-order valence-corrected chi connectivity index (χ4v) is 2.62. The van der Waals surface area contributed by atoms with E-state index < -0.39 is 0 Å². The number of carbonyl (C=O) groups excluding carboxylic acids is 1. The fourth-order valence-electron chi connectivity index (χ4n) is 1.76. The molecule has 0 aliphatic carbocycles. The van der Waals surface area contributed by atoms with Crippen molar-refractivity contribution in [1.82, 2.24) is 4.98 Å². The Labute approximate surface area is 121 Å². The van der Waals surface area contributed by atoms with Crippen molar-refractivity contribution in [3.8, 4) is 17.0 Å². The molecule has 1 amide bonds. The van der Waals surface area contributed by atoms with Crippen LogP contribution in [-0.2, 0) is 4.79 Å². The van der Waals surface area contributed by atoms with E-state index in [9.17, 15) is 4.79 Å². The van der Waals surface area contributed by atoms with Crippen LogP contribution in [0.1, 0.15) is 11.8 Å². The smallest absolute Gasteiger partial charge is 0.239 e. The van der Waals surface area contributed by atoms with Crippen molar-refractivity contribution < 1.29 is 9.53 Å². The molecule has 0 saturated heterocycles. The van der Waals surface area contributed by atoms with Crippen LogP contribution < -0.4 is 15.8 Å². The van der Waals surface area contributed by atoms with Gasteiger partial charge in [0.2, 0.25) is 5.91 Å². The molecule has 1 aromatic carbocycles. The molecular formula is C14H17N3O2S. The zero-order valence-corrected chi connectivity index (χ0v) is 12.3. The number of aryl methyl sites for hydroxylation is 1. The van der Waals surface area contributed by atoms with Gasteiger partial charge in [0.15, 0.2) is 5.13 Å². The van der Waals surface area contributed by atoms with E-state index in [0.29, 0.717) is 11.7 Å². The molecule has 1 aromatic heterocycles. The van der Waals surface area contributed by atoms with Gasteiger partial charge in [0.1, 0.15) is 5.75 Å². The number of ether oxygens (including phenoxy) is 1. The number of hydrogen-bond donors (Lipinski definition) is 2. The maximum Gasteiger partial charge on any atom is 0.239 e. The molecule has 6 heteroatoms. The van der Waals surface area contributed by atoms with Gasteiger partial charge >= 0.3 is 0 Å². The Bertz CT molecular complexity index is 593. The standard InChI is InChI=1S/C14H17N3O2S/c1-3-19-11-6-4-10(5-7-11)13-9(2)20-14(17-13)16-12(18)8-15/h4-7H,3,8,15H2,1-2H3,(H,16,17,18). The van der Waals surface area contributed by atoms with Crippen molar-refractivity contribution in [1.29, 1.82) is 0 Å². The highest BCUT2D eigenvalue weighted by Gasteiger charge is 2.11. The molecule has 20 heavy (non-hydrogen) atoms. The molecule has 3 N–H and O–H groups in total. The van der Waals surface area contributed by atoms with Gasteiger partial charge < -0.3 is 15.8 Å². The Kier molecular flexibility index (Phi) is 4.70. The number of amides is 1. The van der Waals surface area contributed by atoms with Gasteiger partial charge in [0, 0.05) is 10.4 Å². The first kappa shape index (κ1) is 14.5. The summed E-state index contributed by atoms with van der Waals surface area (Å²) in [6.45, 7) is 4.52. The molecule has 0 aliphatic rings. The van der Waals surface area contributed by atoms with E-state index in [1.165, 1.54) is 11.3 Å². The van der Waals surface area contributed by atoms with E-state index in [0.717, 1.165) is 21.9 Å². The van der Waals surface area contributed by atoms with Crippen molar-refractivity contribution >= 4 is 22.4 Å². The zero-order chi connectivity index (χ0) is 14.5. The van der Waals surface area contributed by atoms with Gasteiger partial charge in [0.25, 0.3) is 0 Å². The number of anilines is 1. The van der Waals surface area contributed by atoms with E-state index in [2.05, 4.69) is 10.3 Å². The van der Waals surface area contributed by atoms with Crippen molar-refractivity contribution in [2.75, 3.05) is 18.5 Å². The van der Waals surface area contributed by atoms with Crippen LogP contribution in [0, 0.1) is 6.92 Å². The molecule has 106 valence electrons. The summed E-state index contributed by atoms with van der Waals surface area (Å²) in [5.41, 5.74) is 7.13. The lowest BCUT2D eigenvalue weighted by Crippen LogP contribution is -2.21. The number of nitrogens with one attached hydrogen (secondary N) is 1. The molecule has 0 atom stereocenters. The molecule has 0 aliphatic heterocycles. The summed E-state index contributed by atoms with van der Waals surface area (Å²) in [5, 5.41) is 3.24. The van der Waals surface area contributed by atoms with Gasteiger partial charge in [-0.3, -0.25) is 4.79 Å². The minimum absolute atomic E-state index is 0.0446. The van der Waals surface area contributed by atoms with Crippen molar-refractivity contribution in [3.63, 3.8) is 0 Å². The predicted octanol–water partition coefficient (Wildman–Crippen LogP) is 2.41. The Hall–Kier alpha value is -1.92. The van der Waals surface area contributed by atoms with Gasteiger partial charge in [-0.25, -0.2) is 4.98 Å². The molecular weight excluding hydrogens is 274 g/mol. The topological polar surface area (TPSA) is 77.2 Å². The van der Waals surface area contributed by atoms with E-state index in [4.69, 9.17) is 10.5 Å². The summed E-state index contributed by atoms with van der Waals surface area (Å²) >= 11 is 1.44. The third kappa shape index (κ3) is 3.34. The Morgan fingerprint density at radius 2 is 2.10 bits per heavy atom. The van der Waals surface area contributed by atoms with Gasteiger partial charge in [-0.2, -0.15) is 0 Å². The molecule has 5 nitrogen and oxygen atoms in total. The van der Waals surface area contributed by atoms with Crippen LogP contribution in [-0.4, -0.2) is 24.0 Å². The summed E-state index contributed by atoms with van der Waals surface area (Å²) in [6.07, 6.45) is 0. The minimum atomic E-state index is -0.239. The average molecular weight is 291 g/mol. The van der Waals surface area contributed by atoms with E-state index in [-0.39, 0.29) is 12.5 Å². The second-order valence-corrected chi connectivity index (χ2v) is 5.34. The highest BCUT2D eigenvalue weighted by molar-refractivity contribution is 7.16. The first-order chi connectivity index (χ1) is 9.63. The minimum Gasteiger partial charge on any atom is -0.494 e. The summed E-state index contributed by atoms with van der Waals surface area (Å²) in [5.74, 6) is 0.595. The fraction of sp³-hybridized carbons (Fsp3) is 0.286. The van der Waals surface area contributed by atoms with Gasteiger partial charge in [-0.1, -0.05) is 0 Å². The van der Waals surface area contributed by atoms with Gasteiger partial charge in [0.05, 0.1) is 18.8 Å². The lowest BCUT2D eigenvalue weighted by Gasteiger charge is -2.04. The monoisotopic (exact) mass is 291 g/mol. The molecule has 0 radical (unpaired) electrons. The predicted molar refractivity (Wildman–Crippen MR) is 81.1 cm³/mol. The van der Waals surface area contributed by atoms with Crippen LogP contribution >= 0.6 is 11.3 Å². The maximum absolute atomic E-state index is 11.3. The molecule has 0 unspecified atom stereocenters. The highest BCUT2D eigenvalue weighted by Crippen LogP contribution is 2.31. The third-order valence-corrected chi connectivity index (χ3v) is 3.55. The van der Waals surface area contributed by atoms with Crippen LogP contribution in [0.2, 0.25) is 0 Å². The number of thiazole rings is 1. The van der Waals surface area contributed by atoms with Crippen molar-refractivity contribution in [3.05, 3.63) is 29.1 Å². The number of rotatable bonds is 5. The molecule has 2 rings (SSSR count). The number of nitrogens with two attached hydrogens (primary N) is 1. The normalized spacial score (nSPS) is 10.3. The second-order valence-electron chi connectivity index (χ2n) is 4.13.